The number of hydrogen-bond donors (Lipinski definition) is 1. The molecule has 1 N–H and O–H groups in total. The van der Waals surface area contributed by atoms with Crippen LogP contribution in [-0.4, -0.2) is 65.2 Å². The molecule has 0 aliphatic carbocycles. The van der Waals surface area contributed by atoms with Crippen LogP contribution in [0.1, 0.15) is 0 Å². The Bertz CT molecular complexity index is 909. The second-order valence-corrected chi connectivity index (χ2v) is 6.52. The summed E-state index contributed by atoms with van der Waals surface area (Å²) in [5.41, 5.74) is 0.510. The highest BCUT2D eigenvalue weighted by Gasteiger charge is 2.29. The largest absolute Gasteiger partial charge is 0.482 e. The highest BCUT2D eigenvalue weighted by molar-refractivity contribution is 6.05. The molecule has 1 aliphatic rings. The molecule has 0 saturated heterocycles. The van der Waals surface area contributed by atoms with Crippen molar-refractivity contribution in [1.29, 1.82) is 0 Å². The molecule has 0 atom stereocenters. The summed E-state index contributed by atoms with van der Waals surface area (Å²) in [5.74, 6) is -0.584. The Morgan fingerprint density at radius 3 is 2.93 bits per heavy atom. The molecule has 0 saturated carbocycles. The fourth-order valence-corrected chi connectivity index (χ4v) is 2.67. The van der Waals surface area contributed by atoms with E-state index in [0.717, 1.165) is 6.54 Å². The van der Waals surface area contributed by atoms with Crippen molar-refractivity contribution < 1.29 is 19.2 Å². The minimum Gasteiger partial charge on any atom is -0.482 e. The van der Waals surface area contributed by atoms with Crippen molar-refractivity contribution in [3.8, 4) is 5.75 Å². The van der Waals surface area contributed by atoms with Crippen molar-refractivity contribution >= 4 is 28.9 Å². The average molecular weight is 388 g/mol. The van der Waals surface area contributed by atoms with Crippen LogP contribution in [-0.2, 0) is 16.1 Å². The van der Waals surface area contributed by atoms with E-state index in [1.54, 1.807) is 10.9 Å². The number of aromatic nitrogens is 2. The molecule has 0 spiro atoms. The third-order valence-electron chi connectivity index (χ3n) is 4.09. The number of fused-ring (bicyclic) bond motifs is 1. The van der Waals surface area contributed by atoms with Gasteiger partial charge in [0.15, 0.2) is 6.61 Å². The highest BCUT2D eigenvalue weighted by atomic mass is 16.6. The van der Waals surface area contributed by atoms with Crippen LogP contribution in [0.15, 0.2) is 30.6 Å². The lowest BCUT2D eigenvalue weighted by Gasteiger charge is -2.28. The van der Waals surface area contributed by atoms with Gasteiger partial charge in [0.05, 0.1) is 29.0 Å². The Hall–Kier alpha value is -3.47. The van der Waals surface area contributed by atoms with Crippen molar-refractivity contribution in [2.45, 2.75) is 6.54 Å². The summed E-state index contributed by atoms with van der Waals surface area (Å²) < 4.78 is 6.99. The van der Waals surface area contributed by atoms with E-state index in [1.807, 2.05) is 19.0 Å². The molecule has 1 aromatic carbocycles. The Morgan fingerprint density at radius 2 is 2.21 bits per heavy atom. The monoisotopic (exact) mass is 388 g/mol. The molecule has 28 heavy (non-hydrogen) atoms. The van der Waals surface area contributed by atoms with E-state index >= 15 is 0 Å². The van der Waals surface area contributed by atoms with Gasteiger partial charge in [-0.25, -0.2) is 0 Å². The lowest BCUT2D eigenvalue weighted by molar-refractivity contribution is -0.384. The van der Waals surface area contributed by atoms with Crippen LogP contribution in [0.5, 0.6) is 5.75 Å². The van der Waals surface area contributed by atoms with Crippen LogP contribution in [0.2, 0.25) is 0 Å². The first-order chi connectivity index (χ1) is 13.3. The van der Waals surface area contributed by atoms with E-state index in [-0.39, 0.29) is 24.5 Å². The predicted molar refractivity (Wildman–Crippen MR) is 100 cm³/mol. The van der Waals surface area contributed by atoms with Gasteiger partial charge in [-0.05, 0) is 20.2 Å². The van der Waals surface area contributed by atoms with Crippen molar-refractivity contribution in [3.63, 3.8) is 0 Å². The number of nitro groups is 1. The van der Waals surface area contributed by atoms with Crippen LogP contribution in [0.4, 0.5) is 17.1 Å². The Balaban J connectivity index is 1.69. The molecule has 0 bridgehead atoms. The minimum absolute atomic E-state index is 0.190. The third kappa shape index (κ3) is 4.43. The summed E-state index contributed by atoms with van der Waals surface area (Å²) >= 11 is 0. The maximum Gasteiger partial charge on any atom is 0.271 e. The first-order valence-electron chi connectivity index (χ1n) is 8.52. The molecule has 0 fully saturated rings. The molecule has 0 radical (unpaired) electrons. The number of amides is 2. The number of hydrogen-bond acceptors (Lipinski definition) is 7. The van der Waals surface area contributed by atoms with E-state index in [4.69, 9.17) is 4.74 Å². The number of nitro benzene ring substituents is 1. The Kier molecular flexibility index (Phi) is 5.54. The molecule has 0 unspecified atom stereocenters. The highest BCUT2D eigenvalue weighted by Crippen LogP contribution is 2.35. The van der Waals surface area contributed by atoms with Crippen LogP contribution in [0.25, 0.3) is 0 Å². The molecular formula is C17H20N6O5. The zero-order valence-electron chi connectivity index (χ0n) is 15.5. The summed E-state index contributed by atoms with van der Waals surface area (Å²) in [4.78, 5) is 38.2. The van der Waals surface area contributed by atoms with E-state index in [1.165, 1.54) is 29.3 Å². The molecule has 11 heteroatoms. The molecule has 11 nitrogen and oxygen atoms in total. The topological polar surface area (TPSA) is 123 Å². The molecular weight excluding hydrogens is 368 g/mol. The van der Waals surface area contributed by atoms with Crippen LogP contribution in [0, 0.1) is 10.1 Å². The second-order valence-electron chi connectivity index (χ2n) is 6.52. The molecule has 2 amide bonds. The number of ether oxygens (including phenoxy) is 1. The lowest BCUT2D eigenvalue weighted by atomic mass is 10.2. The number of benzene rings is 1. The van der Waals surface area contributed by atoms with Crippen molar-refractivity contribution in [2.24, 2.45) is 0 Å². The van der Waals surface area contributed by atoms with Gasteiger partial charge in [0.1, 0.15) is 12.3 Å². The normalized spacial score (nSPS) is 13.2. The van der Waals surface area contributed by atoms with Gasteiger partial charge in [0, 0.05) is 24.9 Å². The van der Waals surface area contributed by atoms with E-state index < -0.39 is 16.7 Å². The zero-order chi connectivity index (χ0) is 20.3. The van der Waals surface area contributed by atoms with Gasteiger partial charge in [0.2, 0.25) is 5.91 Å². The summed E-state index contributed by atoms with van der Waals surface area (Å²) in [7, 11) is 3.90. The second kappa shape index (κ2) is 8.05. The smallest absolute Gasteiger partial charge is 0.271 e. The SMILES string of the molecule is CN(C)CCn1cc(NC(=O)CN2C(=O)COc3ccc([N+](=O)[O-])cc32)cn1. The number of likely N-dealkylation sites (N-methyl/N-ethyl adjacent to an activating group) is 1. The lowest BCUT2D eigenvalue weighted by Crippen LogP contribution is -2.43. The Morgan fingerprint density at radius 1 is 1.43 bits per heavy atom. The fourth-order valence-electron chi connectivity index (χ4n) is 2.67. The van der Waals surface area contributed by atoms with Crippen molar-refractivity contribution in [1.82, 2.24) is 14.7 Å². The number of non-ortho nitro benzene ring substituents is 1. The molecule has 2 heterocycles. The van der Waals surface area contributed by atoms with Gasteiger partial charge < -0.3 is 15.0 Å². The summed E-state index contributed by atoms with van der Waals surface area (Å²) in [6, 6.07) is 3.92. The number of rotatable bonds is 7. The van der Waals surface area contributed by atoms with Gasteiger partial charge in [0.25, 0.3) is 11.6 Å². The van der Waals surface area contributed by atoms with E-state index in [2.05, 4.69) is 10.4 Å². The molecule has 1 aliphatic heterocycles. The number of nitrogens with zero attached hydrogens (tertiary/aromatic N) is 5. The standard InChI is InChI=1S/C17H20N6O5/c1-20(2)5-6-21-9-12(8-18-21)19-16(24)10-22-14-7-13(23(26)27)3-4-15(14)28-11-17(22)25/h3-4,7-9H,5-6,10-11H2,1-2H3,(H,19,24). The number of anilines is 2. The average Bonchev–Trinajstić information content (AvgIpc) is 3.09. The number of carbonyl (C=O) groups is 2. The first-order valence-corrected chi connectivity index (χ1v) is 8.52. The van der Waals surface area contributed by atoms with Crippen LogP contribution in [0.3, 0.4) is 0 Å². The van der Waals surface area contributed by atoms with Gasteiger partial charge >= 0.3 is 0 Å². The zero-order valence-corrected chi connectivity index (χ0v) is 15.5. The quantitative estimate of drug-likeness (QED) is 0.547. The van der Waals surface area contributed by atoms with Gasteiger partial charge in [-0.15, -0.1) is 0 Å². The van der Waals surface area contributed by atoms with Crippen LogP contribution >= 0.6 is 0 Å². The van der Waals surface area contributed by atoms with Crippen molar-refractivity contribution in [2.75, 3.05) is 44.0 Å². The fraction of sp³-hybridized carbons (Fsp3) is 0.353. The van der Waals surface area contributed by atoms with E-state index in [0.29, 0.717) is 18.0 Å². The summed E-state index contributed by atoms with van der Waals surface area (Å²) in [6.07, 6.45) is 3.22. The van der Waals surface area contributed by atoms with Crippen molar-refractivity contribution in [3.05, 3.63) is 40.7 Å². The molecule has 1 aromatic heterocycles. The van der Waals surface area contributed by atoms with Gasteiger partial charge in [-0.3, -0.25) is 29.3 Å². The predicted octanol–water partition coefficient (Wildman–Crippen LogP) is 0.717. The maximum atomic E-state index is 12.4. The molecule has 148 valence electrons. The minimum atomic E-state index is -0.570. The molecule has 2 aromatic rings. The van der Waals surface area contributed by atoms with Gasteiger partial charge in [-0.2, -0.15) is 5.10 Å². The third-order valence-corrected chi connectivity index (χ3v) is 4.09. The Labute approximate surface area is 160 Å². The summed E-state index contributed by atoms with van der Waals surface area (Å²) in [5, 5.41) is 17.9. The van der Waals surface area contributed by atoms with E-state index in [9.17, 15) is 19.7 Å². The molecule has 3 rings (SSSR count). The summed E-state index contributed by atoms with van der Waals surface area (Å²) in [6.45, 7) is 0.939. The maximum absolute atomic E-state index is 12.4. The van der Waals surface area contributed by atoms with Gasteiger partial charge in [-0.1, -0.05) is 0 Å². The van der Waals surface area contributed by atoms with Crippen LogP contribution < -0.4 is 15.0 Å². The number of carbonyl (C=O) groups excluding carboxylic acids is 2. The number of nitrogens with one attached hydrogen (secondary N) is 1. The first kappa shape index (κ1) is 19.3.